The Morgan fingerprint density at radius 2 is 2.00 bits per heavy atom. The van der Waals surface area contributed by atoms with Gasteiger partial charge in [0.1, 0.15) is 0 Å². The fourth-order valence-corrected chi connectivity index (χ4v) is 3.02. The summed E-state index contributed by atoms with van der Waals surface area (Å²) in [7, 11) is 1.55. The van der Waals surface area contributed by atoms with Crippen LogP contribution in [0.2, 0.25) is 0 Å². The average molecular weight is 513 g/mol. The van der Waals surface area contributed by atoms with Gasteiger partial charge in [-0.15, -0.1) is 24.0 Å². The van der Waals surface area contributed by atoms with Gasteiger partial charge in [-0.05, 0) is 30.9 Å². The van der Waals surface area contributed by atoms with Crippen LogP contribution in [0.25, 0.3) is 0 Å². The van der Waals surface area contributed by atoms with E-state index in [1.54, 1.807) is 7.05 Å². The van der Waals surface area contributed by atoms with Crippen molar-refractivity contribution in [3.05, 3.63) is 29.6 Å². The minimum absolute atomic E-state index is 0. The number of likely N-dealkylation sites (tertiary alicyclic amines) is 1. The van der Waals surface area contributed by atoms with Gasteiger partial charge in [0.25, 0.3) is 0 Å². The summed E-state index contributed by atoms with van der Waals surface area (Å²) in [5, 5.41) is 5.01. The first-order valence-electron chi connectivity index (χ1n) is 8.49. The maximum atomic E-state index is 13.6. The summed E-state index contributed by atoms with van der Waals surface area (Å²) in [6.45, 7) is 1.03. The lowest BCUT2D eigenvalue weighted by Gasteiger charge is -2.34. The highest BCUT2D eigenvalue weighted by Gasteiger charge is 2.24. The van der Waals surface area contributed by atoms with Crippen LogP contribution in [0.1, 0.15) is 19.3 Å². The molecular formula is C17H23F3IN5O2. The van der Waals surface area contributed by atoms with Crippen LogP contribution < -0.4 is 16.4 Å². The summed E-state index contributed by atoms with van der Waals surface area (Å²) in [5.74, 6) is -4.89. The first-order valence-corrected chi connectivity index (χ1v) is 8.49. The third-order valence-electron chi connectivity index (χ3n) is 4.24. The molecule has 7 nitrogen and oxygen atoms in total. The molecule has 1 unspecified atom stereocenters. The number of nitrogens with one attached hydrogen (secondary N) is 2. The number of anilines is 1. The normalized spacial score (nSPS) is 16.9. The summed E-state index contributed by atoms with van der Waals surface area (Å²) in [6, 6.07) is 1.67. The molecule has 11 heteroatoms. The number of benzene rings is 1. The molecule has 0 aliphatic carbocycles. The number of hydrogen-bond donors (Lipinski definition) is 3. The molecule has 0 spiro atoms. The van der Waals surface area contributed by atoms with E-state index in [0.717, 1.165) is 25.0 Å². The van der Waals surface area contributed by atoms with E-state index < -0.39 is 29.0 Å². The standard InChI is InChI=1S/C17H22F3N5O2.HI/c1-22-17(25-6-2-3-10(9-25)7-13(21)26)23-8-14(27)24-12-5-4-11(18)15(19)16(12)20;/h4-5,10H,2-3,6-9H2,1H3,(H2,21,26)(H,22,23)(H,24,27);1H. The summed E-state index contributed by atoms with van der Waals surface area (Å²) < 4.78 is 39.7. The van der Waals surface area contributed by atoms with E-state index in [1.807, 2.05) is 4.90 Å². The third kappa shape index (κ3) is 6.53. The van der Waals surface area contributed by atoms with E-state index in [-0.39, 0.29) is 48.8 Å². The van der Waals surface area contributed by atoms with Crippen molar-refractivity contribution in [1.82, 2.24) is 10.2 Å². The summed E-state index contributed by atoms with van der Waals surface area (Å²) in [6.07, 6.45) is 2.01. The molecule has 0 aromatic heterocycles. The number of rotatable bonds is 5. The number of nitrogens with two attached hydrogens (primary N) is 1. The molecule has 0 bridgehead atoms. The van der Waals surface area contributed by atoms with Crippen molar-refractivity contribution in [2.75, 3.05) is 32.0 Å². The Bertz CT molecular complexity index is 748. The molecule has 1 atom stereocenters. The SMILES string of the molecule is CN=C(NCC(=O)Nc1ccc(F)c(F)c1F)N1CCCC(CC(N)=O)C1.I. The topological polar surface area (TPSA) is 99.8 Å². The number of guanidine groups is 1. The number of hydrogen-bond acceptors (Lipinski definition) is 3. The molecule has 1 aromatic rings. The van der Waals surface area contributed by atoms with Crippen molar-refractivity contribution in [3.8, 4) is 0 Å². The van der Waals surface area contributed by atoms with Crippen molar-refractivity contribution in [2.24, 2.45) is 16.6 Å². The van der Waals surface area contributed by atoms with Crippen molar-refractivity contribution < 1.29 is 22.8 Å². The maximum absolute atomic E-state index is 13.6. The first kappa shape index (κ1) is 24.0. The Morgan fingerprint density at radius 1 is 1.29 bits per heavy atom. The van der Waals surface area contributed by atoms with Gasteiger partial charge >= 0.3 is 0 Å². The van der Waals surface area contributed by atoms with E-state index >= 15 is 0 Å². The second-order valence-corrected chi connectivity index (χ2v) is 6.30. The van der Waals surface area contributed by atoms with Crippen LogP contribution in [0.15, 0.2) is 17.1 Å². The fourth-order valence-electron chi connectivity index (χ4n) is 3.02. The van der Waals surface area contributed by atoms with Crippen LogP contribution in [0.5, 0.6) is 0 Å². The average Bonchev–Trinajstić information content (AvgIpc) is 2.62. The quantitative estimate of drug-likeness (QED) is 0.242. The molecule has 28 heavy (non-hydrogen) atoms. The van der Waals surface area contributed by atoms with Gasteiger partial charge in [0.2, 0.25) is 11.8 Å². The minimum atomic E-state index is -1.65. The lowest BCUT2D eigenvalue weighted by Crippen LogP contribution is -2.48. The van der Waals surface area contributed by atoms with Gasteiger partial charge in [0.05, 0.1) is 12.2 Å². The summed E-state index contributed by atoms with van der Waals surface area (Å²) in [4.78, 5) is 29.1. The number of carbonyl (C=O) groups excluding carboxylic acids is 2. The monoisotopic (exact) mass is 513 g/mol. The van der Waals surface area contributed by atoms with Crippen LogP contribution in [0, 0.1) is 23.4 Å². The molecule has 156 valence electrons. The number of halogens is 4. The van der Waals surface area contributed by atoms with Crippen LogP contribution in [0.3, 0.4) is 0 Å². The number of carbonyl (C=O) groups is 2. The fraction of sp³-hybridized carbons (Fsp3) is 0.471. The van der Waals surface area contributed by atoms with E-state index in [0.29, 0.717) is 19.0 Å². The zero-order valence-electron chi connectivity index (χ0n) is 15.3. The molecule has 1 fully saturated rings. The Balaban J connectivity index is 0.00000392. The summed E-state index contributed by atoms with van der Waals surface area (Å²) in [5.41, 5.74) is 4.80. The van der Waals surface area contributed by atoms with Crippen LogP contribution in [-0.4, -0.2) is 49.4 Å². The Labute approximate surface area is 177 Å². The van der Waals surface area contributed by atoms with E-state index in [4.69, 9.17) is 5.73 Å². The molecule has 1 aromatic carbocycles. The van der Waals surface area contributed by atoms with Gasteiger partial charge < -0.3 is 21.3 Å². The zero-order chi connectivity index (χ0) is 20.0. The van der Waals surface area contributed by atoms with Crippen LogP contribution in [-0.2, 0) is 9.59 Å². The van der Waals surface area contributed by atoms with Gasteiger partial charge in [-0.3, -0.25) is 14.6 Å². The number of nitrogens with zero attached hydrogens (tertiary/aromatic N) is 2. The molecule has 2 rings (SSSR count). The number of amides is 2. The lowest BCUT2D eigenvalue weighted by atomic mass is 9.95. The predicted molar refractivity (Wildman–Crippen MR) is 110 cm³/mol. The van der Waals surface area contributed by atoms with E-state index in [9.17, 15) is 22.8 Å². The minimum Gasteiger partial charge on any atom is -0.370 e. The highest BCUT2D eigenvalue weighted by molar-refractivity contribution is 14.0. The molecule has 4 N–H and O–H groups in total. The van der Waals surface area contributed by atoms with Crippen molar-refractivity contribution >= 4 is 47.4 Å². The molecule has 1 aliphatic rings. The summed E-state index contributed by atoms with van der Waals surface area (Å²) >= 11 is 0. The molecule has 1 aliphatic heterocycles. The van der Waals surface area contributed by atoms with Gasteiger partial charge in [0.15, 0.2) is 23.4 Å². The van der Waals surface area contributed by atoms with E-state index in [2.05, 4.69) is 15.6 Å². The second kappa shape index (κ2) is 11.1. The maximum Gasteiger partial charge on any atom is 0.243 e. The van der Waals surface area contributed by atoms with Crippen LogP contribution in [0.4, 0.5) is 18.9 Å². The van der Waals surface area contributed by atoms with Gasteiger partial charge in [-0.1, -0.05) is 0 Å². The molecule has 0 radical (unpaired) electrons. The predicted octanol–water partition coefficient (Wildman–Crippen LogP) is 1.82. The van der Waals surface area contributed by atoms with E-state index in [1.165, 1.54) is 0 Å². The second-order valence-electron chi connectivity index (χ2n) is 6.30. The molecule has 1 saturated heterocycles. The zero-order valence-corrected chi connectivity index (χ0v) is 17.6. The number of piperidine rings is 1. The third-order valence-corrected chi connectivity index (χ3v) is 4.24. The van der Waals surface area contributed by atoms with Gasteiger partial charge in [-0.25, -0.2) is 13.2 Å². The van der Waals surface area contributed by atoms with Crippen molar-refractivity contribution in [1.29, 1.82) is 0 Å². The molecular weight excluding hydrogens is 490 g/mol. The lowest BCUT2D eigenvalue weighted by molar-refractivity contribution is -0.119. The molecule has 1 heterocycles. The van der Waals surface area contributed by atoms with Crippen LogP contribution >= 0.6 is 24.0 Å². The number of primary amides is 1. The smallest absolute Gasteiger partial charge is 0.243 e. The van der Waals surface area contributed by atoms with Gasteiger partial charge in [0, 0.05) is 26.6 Å². The Kier molecular flexibility index (Phi) is 9.49. The van der Waals surface area contributed by atoms with Crippen molar-refractivity contribution in [2.45, 2.75) is 19.3 Å². The highest BCUT2D eigenvalue weighted by Crippen LogP contribution is 2.20. The van der Waals surface area contributed by atoms with Crippen molar-refractivity contribution in [3.63, 3.8) is 0 Å². The number of aliphatic imine (C=N–C) groups is 1. The molecule has 2 amide bonds. The first-order chi connectivity index (χ1) is 12.8. The van der Waals surface area contributed by atoms with Gasteiger partial charge in [-0.2, -0.15) is 0 Å². The molecule has 0 saturated carbocycles. The Morgan fingerprint density at radius 3 is 2.64 bits per heavy atom. The Hall–Kier alpha value is -2.05. The largest absolute Gasteiger partial charge is 0.370 e. The highest BCUT2D eigenvalue weighted by atomic mass is 127.